The van der Waals surface area contributed by atoms with Crippen LogP contribution in [0.3, 0.4) is 0 Å². The van der Waals surface area contributed by atoms with Gasteiger partial charge in [-0.25, -0.2) is 9.67 Å². The Morgan fingerprint density at radius 2 is 2.09 bits per heavy atom. The summed E-state index contributed by atoms with van der Waals surface area (Å²) in [6.45, 7) is 0.500. The summed E-state index contributed by atoms with van der Waals surface area (Å²) in [6, 6.07) is 7.60. The molecule has 0 atom stereocenters. The van der Waals surface area contributed by atoms with E-state index in [1.165, 1.54) is 11.3 Å². The Labute approximate surface area is 134 Å². The van der Waals surface area contributed by atoms with Crippen LogP contribution in [0.1, 0.15) is 5.56 Å². The number of nitrogens with zero attached hydrogens (tertiary/aromatic N) is 6. The van der Waals surface area contributed by atoms with Crippen LogP contribution in [0.5, 0.6) is 0 Å². The number of nitrogens with two attached hydrogens (primary N) is 2. The molecule has 1 aromatic carbocycles. The van der Waals surface area contributed by atoms with E-state index in [1.807, 2.05) is 24.3 Å². The number of aromatic nitrogens is 6. The van der Waals surface area contributed by atoms with E-state index >= 15 is 0 Å². The predicted molar refractivity (Wildman–Crippen MR) is 88.6 cm³/mol. The second-order valence-corrected chi connectivity index (χ2v) is 5.85. The zero-order valence-corrected chi connectivity index (χ0v) is 12.7. The van der Waals surface area contributed by atoms with Crippen molar-refractivity contribution in [2.45, 2.75) is 6.54 Å². The first kappa shape index (κ1) is 13.6. The van der Waals surface area contributed by atoms with Crippen LogP contribution in [0.15, 0.2) is 36.0 Å². The molecule has 3 aromatic heterocycles. The molecule has 3 heterocycles. The summed E-state index contributed by atoms with van der Waals surface area (Å²) in [5, 5.41) is 8.40. The number of benzene rings is 1. The lowest BCUT2D eigenvalue weighted by molar-refractivity contribution is 0.664. The van der Waals surface area contributed by atoms with Crippen molar-refractivity contribution < 1.29 is 0 Å². The SMILES string of the molecule is Nc1cccc(Cn2nnc3c(-c4cncs4)nc(N)nc32)c1. The second-order valence-electron chi connectivity index (χ2n) is 4.96. The Morgan fingerprint density at radius 3 is 2.87 bits per heavy atom. The van der Waals surface area contributed by atoms with Crippen LogP contribution in [0.4, 0.5) is 11.6 Å². The first-order chi connectivity index (χ1) is 11.2. The lowest BCUT2D eigenvalue weighted by Crippen LogP contribution is -2.05. The van der Waals surface area contributed by atoms with Crippen LogP contribution in [0, 0.1) is 0 Å². The molecule has 8 nitrogen and oxygen atoms in total. The lowest BCUT2D eigenvalue weighted by Gasteiger charge is -2.04. The Bertz CT molecular complexity index is 976. The zero-order chi connectivity index (χ0) is 15.8. The van der Waals surface area contributed by atoms with Crippen molar-refractivity contribution >= 4 is 34.1 Å². The van der Waals surface area contributed by atoms with Gasteiger partial charge < -0.3 is 11.5 Å². The van der Waals surface area contributed by atoms with Gasteiger partial charge in [0.2, 0.25) is 5.95 Å². The van der Waals surface area contributed by atoms with Gasteiger partial charge in [0, 0.05) is 11.9 Å². The Balaban J connectivity index is 1.83. The van der Waals surface area contributed by atoms with Crippen LogP contribution in [-0.2, 0) is 6.54 Å². The molecular weight excluding hydrogens is 312 g/mol. The maximum atomic E-state index is 5.85. The van der Waals surface area contributed by atoms with Crippen molar-refractivity contribution in [2.75, 3.05) is 11.5 Å². The minimum atomic E-state index is 0.178. The zero-order valence-electron chi connectivity index (χ0n) is 11.9. The highest BCUT2D eigenvalue weighted by molar-refractivity contribution is 7.13. The smallest absolute Gasteiger partial charge is 0.222 e. The van der Waals surface area contributed by atoms with E-state index in [0.29, 0.717) is 29.1 Å². The van der Waals surface area contributed by atoms with Crippen LogP contribution < -0.4 is 11.5 Å². The van der Waals surface area contributed by atoms with E-state index in [2.05, 4.69) is 25.3 Å². The Kier molecular flexibility index (Phi) is 3.12. The standard InChI is InChI=1S/C14H12N8S/c15-9-3-1-2-8(4-9)6-22-13-12(20-21-22)11(18-14(16)19-13)10-5-17-7-23-10/h1-5,7H,6,15H2,(H2,16,18,19). The van der Waals surface area contributed by atoms with Gasteiger partial charge in [-0.05, 0) is 17.7 Å². The summed E-state index contributed by atoms with van der Waals surface area (Å²) in [7, 11) is 0. The Morgan fingerprint density at radius 1 is 1.17 bits per heavy atom. The molecule has 0 amide bonds. The van der Waals surface area contributed by atoms with Gasteiger partial charge in [0.1, 0.15) is 5.69 Å². The molecule has 0 saturated heterocycles. The molecule has 0 aliphatic carbocycles. The van der Waals surface area contributed by atoms with Crippen LogP contribution in [0.25, 0.3) is 21.7 Å². The first-order valence-corrected chi connectivity index (χ1v) is 7.68. The third-order valence-corrected chi connectivity index (χ3v) is 4.11. The molecule has 9 heteroatoms. The number of hydrogen-bond donors (Lipinski definition) is 2. The number of fused-ring (bicyclic) bond motifs is 1. The molecule has 0 aliphatic heterocycles. The van der Waals surface area contributed by atoms with E-state index in [4.69, 9.17) is 11.5 Å². The fourth-order valence-corrected chi connectivity index (χ4v) is 2.96. The average molecular weight is 324 g/mol. The van der Waals surface area contributed by atoms with Crippen molar-refractivity contribution in [3.8, 4) is 10.6 Å². The first-order valence-electron chi connectivity index (χ1n) is 6.81. The van der Waals surface area contributed by atoms with Crippen LogP contribution in [-0.4, -0.2) is 29.9 Å². The number of anilines is 2. The van der Waals surface area contributed by atoms with Crippen molar-refractivity contribution in [1.82, 2.24) is 29.9 Å². The normalized spacial score (nSPS) is 11.1. The highest BCUT2D eigenvalue weighted by atomic mass is 32.1. The molecule has 0 unspecified atom stereocenters. The molecule has 23 heavy (non-hydrogen) atoms. The lowest BCUT2D eigenvalue weighted by atomic mass is 10.2. The quantitative estimate of drug-likeness (QED) is 0.548. The Hall–Kier alpha value is -3.07. The van der Waals surface area contributed by atoms with Crippen LogP contribution >= 0.6 is 11.3 Å². The van der Waals surface area contributed by atoms with Crippen molar-refractivity contribution in [1.29, 1.82) is 0 Å². The van der Waals surface area contributed by atoms with Gasteiger partial charge in [-0.1, -0.05) is 17.3 Å². The van der Waals surface area contributed by atoms with Gasteiger partial charge in [-0.15, -0.1) is 16.4 Å². The maximum Gasteiger partial charge on any atom is 0.222 e. The topological polar surface area (TPSA) is 121 Å². The number of nitrogen functional groups attached to an aromatic ring is 2. The van der Waals surface area contributed by atoms with Crippen LogP contribution in [0.2, 0.25) is 0 Å². The van der Waals surface area contributed by atoms with E-state index in [9.17, 15) is 0 Å². The second kappa shape index (κ2) is 5.29. The average Bonchev–Trinajstić information content (AvgIpc) is 3.17. The highest BCUT2D eigenvalue weighted by Crippen LogP contribution is 2.27. The maximum absolute atomic E-state index is 5.85. The third-order valence-electron chi connectivity index (χ3n) is 3.33. The number of thiazole rings is 1. The van der Waals surface area contributed by atoms with Gasteiger partial charge in [-0.3, -0.25) is 4.98 Å². The van der Waals surface area contributed by atoms with Crippen molar-refractivity contribution in [3.05, 3.63) is 41.5 Å². The van der Waals surface area contributed by atoms with Gasteiger partial charge in [-0.2, -0.15) is 4.98 Å². The molecule has 4 aromatic rings. The molecule has 0 fully saturated rings. The molecule has 0 aliphatic rings. The van der Waals surface area contributed by atoms with E-state index in [0.717, 1.165) is 10.4 Å². The van der Waals surface area contributed by atoms with Crippen molar-refractivity contribution in [3.63, 3.8) is 0 Å². The van der Waals surface area contributed by atoms with Gasteiger partial charge in [0.05, 0.1) is 16.9 Å². The summed E-state index contributed by atoms with van der Waals surface area (Å²) in [4.78, 5) is 13.5. The number of hydrogen-bond acceptors (Lipinski definition) is 8. The largest absolute Gasteiger partial charge is 0.399 e. The summed E-state index contributed by atoms with van der Waals surface area (Å²) in [6.07, 6.45) is 1.72. The molecular formula is C14H12N8S. The summed E-state index contributed by atoms with van der Waals surface area (Å²) < 4.78 is 1.69. The van der Waals surface area contributed by atoms with Gasteiger partial charge in [0.15, 0.2) is 11.2 Å². The van der Waals surface area contributed by atoms with Gasteiger partial charge >= 0.3 is 0 Å². The fourth-order valence-electron chi connectivity index (χ4n) is 2.35. The number of rotatable bonds is 3. The molecule has 0 saturated carbocycles. The summed E-state index contributed by atoms with van der Waals surface area (Å²) >= 11 is 1.46. The minimum absolute atomic E-state index is 0.178. The predicted octanol–water partition coefficient (Wildman–Crippen LogP) is 1.56. The fraction of sp³-hybridized carbons (Fsp3) is 0.0714. The van der Waals surface area contributed by atoms with E-state index in [1.54, 1.807) is 16.4 Å². The molecule has 0 radical (unpaired) electrons. The molecule has 0 spiro atoms. The third kappa shape index (κ3) is 2.46. The molecule has 0 bridgehead atoms. The van der Waals surface area contributed by atoms with E-state index in [-0.39, 0.29) is 5.95 Å². The minimum Gasteiger partial charge on any atom is -0.399 e. The van der Waals surface area contributed by atoms with E-state index < -0.39 is 0 Å². The summed E-state index contributed by atoms with van der Waals surface area (Å²) in [5.41, 5.74) is 16.9. The molecule has 4 rings (SSSR count). The summed E-state index contributed by atoms with van der Waals surface area (Å²) in [5.74, 6) is 0.178. The molecule has 4 N–H and O–H groups in total. The monoisotopic (exact) mass is 324 g/mol. The van der Waals surface area contributed by atoms with Crippen molar-refractivity contribution in [2.24, 2.45) is 0 Å². The highest BCUT2D eigenvalue weighted by Gasteiger charge is 2.16. The molecule has 114 valence electrons. The van der Waals surface area contributed by atoms with Gasteiger partial charge in [0.25, 0.3) is 0 Å².